The van der Waals surface area contributed by atoms with Crippen molar-refractivity contribution in [2.24, 2.45) is 71.0 Å². The maximum absolute atomic E-state index is 13.4. The molecule has 1 heterocycles. The lowest BCUT2D eigenvalue weighted by atomic mass is 9.56. The second kappa shape index (κ2) is 12.5. The fourth-order valence-electron chi connectivity index (χ4n) is 10.7. The molecular weight excluding hydrogens is 592 g/mol. The molecule has 46 heavy (non-hydrogen) atoms. The Morgan fingerprint density at radius 2 is 1.33 bits per heavy atom. The number of hydrogen-bond acceptors (Lipinski definition) is 10. The molecule has 1 N–H and O–H groups in total. The summed E-state index contributed by atoms with van der Waals surface area (Å²) in [6.07, 6.45) is 1.72. The van der Waals surface area contributed by atoms with Gasteiger partial charge in [-0.05, 0) is 126 Å². The highest BCUT2D eigenvalue weighted by Gasteiger charge is 2.67. The van der Waals surface area contributed by atoms with Crippen molar-refractivity contribution in [1.82, 2.24) is 0 Å². The molecule has 0 amide bonds. The molecule has 14 unspecified atom stereocenters. The molecule has 1 saturated heterocycles. The van der Waals surface area contributed by atoms with Crippen LogP contribution in [-0.4, -0.2) is 58.4 Å². The lowest BCUT2D eigenvalue weighted by molar-refractivity contribution is -0.166. The Morgan fingerprint density at radius 3 is 1.85 bits per heavy atom. The minimum atomic E-state index is -0.816. The first-order chi connectivity index (χ1) is 21.3. The third kappa shape index (κ3) is 6.88. The van der Waals surface area contributed by atoms with Gasteiger partial charge < -0.3 is 24.1 Å². The van der Waals surface area contributed by atoms with E-state index in [1.807, 2.05) is 20.8 Å². The summed E-state index contributed by atoms with van der Waals surface area (Å²) in [6.45, 7) is 16.2. The minimum Gasteiger partial charge on any atom is -0.462 e. The third-order valence-electron chi connectivity index (χ3n) is 11.8. The third-order valence-corrected chi connectivity index (χ3v) is 11.8. The molecule has 5 rings (SSSR count). The van der Waals surface area contributed by atoms with Crippen LogP contribution in [0.1, 0.15) is 101 Å². The number of aliphatic hydroxyl groups is 1. The van der Waals surface area contributed by atoms with E-state index in [9.17, 15) is 29.1 Å². The average molecular weight is 647 g/mol. The van der Waals surface area contributed by atoms with Crippen LogP contribution in [0.2, 0.25) is 0 Å². The van der Waals surface area contributed by atoms with E-state index in [0.29, 0.717) is 11.8 Å². The van der Waals surface area contributed by atoms with Crippen LogP contribution in [0.25, 0.3) is 0 Å². The number of fused-ring (bicyclic) bond motifs is 4. The summed E-state index contributed by atoms with van der Waals surface area (Å²) in [5, 5.41) is 11.4. The highest BCUT2D eigenvalue weighted by Crippen LogP contribution is 2.69. The van der Waals surface area contributed by atoms with E-state index < -0.39 is 65.1 Å². The number of esters is 5. The molecule has 4 aliphatic carbocycles. The smallest absolute Gasteiger partial charge is 0.317 e. The predicted molar refractivity (Wildman–Crippen MR) is 165 cm³/mol. The molecular formula is C36H54O10. The number of ether oxygens (including phenoxy) is 4. The molecule has 0 aromatic carbocycles. The Hall–Kier alpha value is -2.49. The second-order valence-corrected chi connectivity index (χ2v) is 17.1. The zero-order valence-corrected chi connectivity index (χ0v) is 28.9. The van der Waals surface area contributed by atoms with Crippen molar-refractivity contribution in [3.05, 3.63) is 0 Å². The van der Waals surface area contributed by atoms with Crippen LogP contribution < -0.4 is 0 Å². The van der Waals surface area contributed by atoms with Gasteiger partial charge >= 0.3 is 29.8 Å². The summed E-state index contributed by atoms with van der Waals surface area (Å²) in [7, 11) is 0. The zero-order valence-electron chi connectivity index (χ0n) is 28.9. The van der Waals surface area contributed by atoms with Crippen molar-refractivity contribution in [3.63, 3.8) is 0 Å². The number of rotatable bonds is 9. The zero-order chi connectivity index (χ0) is 34.0. The lowest BCUT2D eigenvalue weighted by Gasteiger charge is -2.48. The van der Waals surface area contributed by atoms with E-state index in [2.05, 4.69) is 6.92 Å². The monoisotopic (exact) mass is 646 g/mol. The highest BCUT2D eigenvalue weighted by molar-refractivity contribution is 5.96. The molecule has 0 radical (unpaired) electrons. The molecule has 5 aliphatic rings. The largest absolute Gasteiger partial charge is 0.462 e. The van der Waals surface area contributed by atoms with E-state index in [1.54, 1.807) is 27.7 Å². The fraction of sp³-hybridized carbons (Fsp3) is 0.861. The van der Waals surface area contributed by atoms with Crippen LogP contribution in [0.3, 0.4) is 0 Å². The van der Waals surface area contributed by atoms with Crippen molar-refractivity contribution in [1.29, 1.82) is 0 Å². The van der Waals surface area contributed by atoms with Crippen LogP contribution in [0.4, 0.5) is 0 Å². The fourth-order valence-corrected chi connectivity index (χ4v) is 10.7. The van der Waals surface area contributed by atoms with Gasteiger partial charge in [0, 0.05) is 6.92 Å². The van der Waals surface area contributed by atoms with E-state index >= 15 is 0 Å². The predicted octanol–water partition coefficient (Wildman–Crippen LogP) is 4.88. The van der Waals surface area contributed by atoms with E-state index in [4.69, 9.17) is 18.9 Å². The van der Waals surface area contributed by atoms with Crippen LogP contribution in [-0.2, 0) is 42.9 Å². The molecule has 10 nitrogen and oxygen atoms in total. The molecule has 5 fully saturated rings. The van der Waals surface area contributed by atoms with Gasteiger partial charge in [-0.25, -0.2) is 0 Å². The summed E-state index contributed by atoms with van der Waals surface area (Å²) in [5.41, 5.74) is -1.32. The number of cyclic esters (lactones) is 2. The highest BCUT2D eigenvalue weighted by atomic mass is 16.6. The molecule has 258 valence electrons. The molecule has 1 aliphatic heterocycles. The van der Waals surface area contributed by atoms with Gasteiger partial charge in [-0.15, -0.1) is 0 Å². The van der Waals surface area contributed by atoms with Gasteiger partial charge in [0.2, 0.25) is 0 Å². The number of carbonyl (C=O) groups excluding carboxylic acids is 5. The normalized spacial score (nSPS) is 39.7. The van der Waals surface area contributed by atoms with Crippen LogP contribution >= 0.6 is 0 Å². The van der Waals surface area contributed by atoms with Gasteiger partial charge in [0.05, 0.1) is 30.8 Å². The standard InChI is InChI=1S/C36H54O10/c1-16-19-10-21(25(38)14-27(39)45-35(4,5)6)23(11-19)29(16)31-20-12-22(26(43-18(3)37)15-28(40)46-36(7,8)9)24(13-20)32(31)30-17(2)33(41)44-34(30)42/h16-17,19-26,29-32,38H,10-15H2,1-9H3. The van der Waals surface area contributed by atoms with Crippen LogP contribution in [0.15, 0.2) is 0 Å². The summed E-state index contributed by atoms with van der Waals surface area (Å²) in [6, 6.07) is 0. The summed E-state index contributed by atoms with van der Waals surface area (Å²) >= 11 is 0. The number of carbonyl (C=O) groups is 5. The minimum absolute atomic E-state index is 0.0511. The maximum Gasteiger partial charge on any atom is 0.317 e. The Bertz CT molecular complexity index is 1230. The van der Waals surface area contributed by atoms with Gasteiger partial charge in [0.1, 0.15) is 17.3 Å². The van der Waals surface area contributed by atoms with Crippen molar-refractivity contribution in [2.75, 3.05) is 0 Å². The first-order valence-electron chi connectivity index (χ1n) is 17.3. The van der Waals surface area contributed by atoms with Gasteiger partial charge in [0.15, 0.2) is 0 Å². The summed E-state index contributed by atoms with van der Waals surface area (Å²) in [5.74, 6) is -2.56. The topological polar surface area (TPSA) is 143 Å². The molecule has 0 aromatic heterocycles. The Balaban J connectivity index is 1.43. The summed E-state index contributed by atoms with van der Waals surface area (Å²) in [4.78, 5) is 64.0. The molecule has 0 spiro atoms. The quantitative estimate of drug-likeness (QED) is 0.209. The molecule has 4 saturated carbocycles. The Kier molecular flexibility index (Phi) is 9.48. The summed E-state index contributed by atoms with van der Waals surface area (Å²) < 4.78 is 22.1. The van der Waals surface area contributed by atoms with Gasteiger partial charge in [-0.1, -0.05) is 13.8 Å². The van der Waals surface area contributed by atoms with E-state index in [-0.39, 0.29) is 60.2 Å². The molecule has 0 aromatic rings. The maximum atomic E-state index is 13.4. The Labute approximate surface area is 273 Å². The first kappa shape index (κ1) is 34.8. The SMILES string of the molecule is CC(=O)OC(CC(=O)OC(C)(C)C)C1CC2CC1C(C1C(=O)OC(=O)C1C)C2C1C(C)C2CC(C(O)CC(=O)OC(C)(C)C)C1C2. The lowest BCUT2D eigenvalue weighted by Crippen LogP contribution is -2.48. The number of aliphatic hydroxyl groups excluding tert-OH is 1. The van der Waals surface area contributed by atoms with Crippen LogP contribution in [0.5, 0.6) is 0 Å². The molecule has 4 bridgehead atoms. The van der Waals surface area contributed by atoms with Gasteiger partial charge in [-0.2, -0.15) is 0 Å². The molecule has 10 heteroatoms. The van der Waals surface area contributed by atoms with Crippen molar-refractivity contribution in [2.45, 2.75) is 124 Å². The van der Waals surface area contributed by atoms with Gasteiger partial charge in [-0.3, -0.25) is 24.0 Å². The average Bonchev–Trinajstić information content (AvgIpc) is 3.68. The van der Waals surface area contributed by atoms with Crippen molar-refractivity contribution >= 4 is 29.8 Å². The van der Waals surface area contributed by atoms with E-state index in [1.165, 1.54) is 6.92 Å². The van der Waals surface area contributed by atoms with Crippen molar-refractivity contribution < 1.29 is 48.0 Å². The van der Waals surface area contributed by atoms with Gasteiger partial charge in [0.25, 0.3) is 0 Å². The Morgan fingerprint density at radius 1 is 0.783 bits per heavy atom. The van der Waals surface area contributed by atoms with E-state index in [0.717, 1.165) is 25.7 Å². The number of hydrogen-bond donors (Lipinski definition) is 1. The van der Waals surface area contributed by atoms with Crippen molar-refractivity contribution in [3.8, 4) is 0 Å². The molecule has 14 atom stereocenters. The first-order valence-corrected chi connectivity index (χ1v) is 17.3. The van der Waals surface area contributed by atoms with Crippen LogP contribution in [0, 0.1) is 71.0 Å². The second-order valence-electron chi connectivity index (χ2n) is 17.1.